The molecule has 0 saturated carbocycles. The summed E-state index contributed by atoms with van der Waals surface area (Å²) in [5, 5.41) is 14.0. The van der Waals surface area contributed by atoms with Gasteiger partial charge in [0.2, 0.25) is 0 Å². The number of benzene rings is 1. The van der Waals surface area contributed by atoms with Crippen LogP contribution in [0.3, 0.4) is 0 Å². The molecule has 0 aliphatic rings. The Labute approximate surface area is 127 Å². The highest BCUT2D eigenvalue weighted by molar-refractivity contribution is 7.98. The quantitative estimate of drug-likeness (QED) is 0.684. The molecular formula is C14H19FN2O3S. The van der Waals surface area contributed by atoms with Crippen LogP contribution < -0.4 is 10.6 Å². The van der Waals surface area contributed by atoms with Crippen molar-refractivity contribution in [3.63, 3.8) is 0 Å². The number of aliphatic carboxylic acids is 1. The molecule has 0 saturated heterocycles. The Morgan fingerprint density at radius 3 is 2.81 bits per heavy atom. The Bertz CT molecular complexity index is 485. The van der Waals surface area contributed by atoms with Crippen molar-refractivity contribution in [2.45, 2.75) is 18.9 Å². The third-order valence-corrected chi connectivity index (χ3v) is 3.45. The maximum absolute atomic E-state index is 13.0. The monoisotopic (exact) mass is 314 g/mol. The van der Waals surface area contributed by atoms with Crippen molar-refractivity contribution in [3.05, 3.63) is 35.6 Å². The zero-order valence-electron chi connectivity index (χ0n) is 11.8. The number of halogens is 1. The lowest BCUT2D eigenvalue weighted by Crippen LogP contribution is -2.46. The summed E-state index contributed by atoms with van der Waals surface area (Å²) in [5.41, 5.74) is 0.771. The van der Waals surface area contributed by atoms with E-state index in [4.69, 9.17) is 5.11 Å². The fraction of sp³-hybridized carbons (Fsp3) is 0.429. The van der Waals surface area contributed by atoms with Crippen LogP contribution in [0.1, 0.15) is 12.0 Å². The number of rotatable bonds is 8. The number of carboxylic acid groups (broad SMARTS) is 1. The van der Waals surface area contributed by atoms with Gasteiger partial charge in [0.05, 0.1) is 0 Å². The van der Waals surface area contributed by atoms with Crippen LogP contribution in [-0.4, -0.2) is 41.7 Å². The highest BCUT2D eigenvalue weighted by Crippen LogP contribution is 2.04. The van der Waals surface area contributed by atoms with E-state index in [2.05, 4.69) is 10.6 Å². The predicted molar refractivity (Wildman–Crippen MR) is 81.1 cm³/mol. The molecule has 0 bridgehead atoms. The largest absolute Gasteiger partial charge is 0.480 e. The van der Waals surface area contributed by atoms with Crippen molar-refractivity contribution in [1.82, 2.24) is 10.6 Å². The lowest BCUT2D eigenvalue weighted by molar-refractivity contribution is -0.139. The van der Waals surface area contributed by atoms with Crippen LogP contribution in [0.25, 0.3) is 0 Å². The molecule has 7 heteroatoms. The van der Waals surface area contributed by atoms with Gasteiger partial charge >= 0.3 is 12.0 Å². The van der Waals surface area contributed by atoms with Crippen LogP contribution in [0.4, 0.5) is 9.18 Å². The molecule has 21 heavy (non-hydrogen) atoms. The van der Waals surface area contributed by atoms with E-state index in [0.717, 1.165) is 5.56 Å². The van der Waals surface area contributed by atoms with Crippen molar-refractivity contribution >= 4 is 23.8 Å². The molecule has 0 aromatic heterocycles. The molecule has 2 amide bonds. The molecule has 1 aromatic carbocycles. The summed E-state index contributed by atoms with van der Waals surface area (Å²) in [6.45, 7) is 0.310. The molecule has 0 heterocycles. The molecule has 116 valence electrons. The minimum atomic E-state index is -1.05. The Morgan fingerprint density at radius 1 is 1.43 bits per heavy atom. The van der Waals surface area contributed by atoms with E-state index in [9.17, 15) is 14.0 Å². The fourth-order valence-corrected chi connectivity index (χ4v) is 2.19. The van der Waals surface area contributed by atoms with E-state index >= 15 is 0 Å². The molecular weight excluding hydrogens is 295 g/mol. The molecule has 0 fully saturated rings. The van der Waals surface area contributed by atoms with Gasteiger partial charge in [-0.1, -0.05) is 12.1 Å². The molecule has 0 aliphatic carbocycles. The van der Waals surface area contributed by atoms with Gasteiger partial charge in [-0.25, -0.2) is 14.0 Å². The number of thioether (sulfide) groups is 1. The van der Waals surface area contributed by atoms with Crippen LogP contribution in [0.5, 0.6) is 0 Å². The summed E-state index contributed by atoms with van der Waals surface area (Å²) >= 11 is 1.52. The Kier molecular flexibility index (Phi) is 7.60. The van der Waals surface area contributed by atoms with E-state index < -0.39 is 18.0 Å². The molecule has 5 nitrogen and oxygen atoms in total. The van der Waals surface area contributed by atoms with Crippen molar-refractivity contribution in [3.8, 4) is 0 Å². The van der Waals surface area contributed by atoms with E-state index in [1.165, 1.54) is 23.9 Å². The van der Waals surface area contributed by atoms with E-state index in [1.54, 1.807) is 12.1 Å². The first kappa shape index (κ1) is 17.3. The normalized spacial score (nSPS) is 11.7. The Balaban J connectivity index is 2.34. The summed E-state index contributed by atoms with van der Waals surface area (Å²) in [6.07, 6.45) is 2.72. The van der Waals surface area contributed by atoms with Crippen molar-refractivity contribution < 1.29 is 19.1 Å². The van der Waals surface area contributed by atoms with Gasteiger partial charge in [0.25, 0.3) is 0 Å². The average Bonchev–Trinajstić information content (AvgIpc) is 2.43. The van der Waals surface area contributed by atoms with Crippen molar-refractivity contribution in [2.24, 2.45) is 0 Å². The van der Waals surface area contributed by atoms with Gasteiger partial charge < -0.3 is 15.7 Å². The number of nitrogens with one attached hydrogen (secondary N) is 2. The lowest BCUT2D eigenvalue weighted by Gasteiger charge is -2.14. The smallest absolute Gasteiger partial charge is 0.326 e. The van der Waals surface area contributed by atoms with Crippen LogP contribution >= 0.6 is 11.8 Å². The highest BCUT2D eigenvalue weighted by atomic mass is 32.2. The first-order valence-electron chi connectivity index (χ1n) is 6.53. The number of amides is 2. The Hall–Kier alpha value is -1.76. The number of hydrogen-bond acceptors (Lipinski definition) is 3. The van der Waals surface area contributed by atoms with Crippen LogP contribution in [-0.2, 0) is 11.2 Å². The lowest BCUT2D eigenvalue weighted by atomic mass is 10.1. The summed E-state index contributed by atoms with van der Waals surface area (Å²) in [7, 11) is 0. The molecule has 0 spiro atoms. The minimum absolute atomic E-state index is 0.310. The third-order valence-electron chi connectivity index (χ3n) is 2.80. The first-order chi connectivity index (χ1) is 10.0. The van der Waals surface area contributed by atoms with Gasteiger partial charge in [0.15, 0.2) is 0 Å². The summed E-state index contributed by atoms with van der Waals surface area (Å²) in [6, 6.07) is 4.70. The molecule has 3 N–H and O–H groups in total. The van der Waals surface area contributed by atoms with Gasteiger partial charge in [-0.05, 0) is 42.5 Å². The van der Waals surface area contributed by atoms with Crippen LogP contribution in [0.15, 0.2) is 24.3 Å². The molecule has 0 radical (unpaired) electrons. The molecule has 0 aliphatic heterocycles. The summed E-state index contributed by atoms with van der Waals surface area (Å²) in [5.74, 6) is -0.718. The topological polar surface area (TPSA) is 78.4 Å². The molecule has 1 atom stereocenters. The summed E-state index contributed by atoms with van der Waals surface area (Å²) in [4.78, 5) is 22.6. The second-order valence-electron chi connectivity index (χ2n) is 4.45. The van der Waals surface area contributed by atoms with Gasteiger partial charge in [-0.3, -0.25) is 0 Å². The standard InChI is InChI=1S/C14H19FN2O3S/c1-21-8-6-12(13(18)19)17-14(20)16-7-5-10-3-2-4-11(15)9-10/h2-4,9,12H,5-8H2,1H3,(H,18,19)(H2,16,17,20)/t12-/m0/s1. The average molecular weight is 314 g/mol. The maximum Gasteiger partial charge on any atom is 0.326 e. The number of hydrogen-bond donors (Lipinski definition) is 3. The molecule has 1 aromatic rings. The fourth-order valence-electron chi connectivity index (χ4n) is 1.72. The minimum Gasteiger partial charge on any atom is -0.480 e. The second-order valence-corrected chi connectivity index (χ2v) is 5.44. The number of carbonyl (C=O) groups is 2. The zero-order valence-corrected chi connectivity index (χ0v) is 12.6. The van der Waals surface area contributed by atoms with Crippen LogP contribution in [0, 0.1) is 5.82 Å². The van der Waals surface area contributed by atoms with Gasteiger partial charge in [0.1, 0.15) is 11.9 Å². The summed E-state index contributed by atoms with van der Waals surface area (Å²) < 4.78 is 13.0. The SMILES string of the molecule is CSCC[C@H](NC(=O)NCCc1cccc(F)c1)C(=O)O. The van der Waals surface area contributed by atoms with E-state index in [-0.39, 0.29) is 5.82 Å². The molecule has 1 rings (SSSR count). The predicted octanol–water partition coefficient (Wildman–Crippen LogP) is 1.87. The second kappa shape index (κ2) is 9.23. The van der Waals surface area contributed by atoms with Crippen molar-refractivity contribution in [2.75, 3.05) is 18.6 Å². The first-order valence-corrected chi connectivity index (χ1v) is 7.93. The highest BCUT2D eigenvalue weighted by Gasteiger charge is 2.18. The van der Waals surface area contributed by atoms with E-state index in [0.29, 0.717) is 25.1 Å². The molecule has 0 unspecified atom stereocenters. The van der Waals surface area contributed by atoms with Gasteiger partial charge in [0, 0.05) is 6.54 Å². The van der Waals surface area contributed by atoms with Gasteiger partial charge in [-0.2, -0.15) is 11.8 Å². The third kappa shape index (κ3) is 6.99. The maximum atomic E-state index is 13.0. The van der Waals surface area contributed by atoms with E-state index in [1.807, 2.05) is 6.26 Å². The number of carbonyl (C=O) groups excluding carboxylic acids is 1. The Morgan fingerprint density at radius 2 is 2.19 bits per heavy atom. The van der Waals surface area contributed by atoms with Crippen molar-refractivity contribution in [1.29, 1.82) is 0 Å². The number of urea groups is 1. The van der Waals surface area contributed by atoms with Crippen LogP contribution in [0.2, 0.25) is 0 Å². The van der Waals surface area contributed by atoms with Gasteiger partial charge in [-0.15, -0.1) is 0 Å². The number of carboxylic acids is 1. The zero-order chi connectivity index (χ0) is 15.7.